The van der Waals surface area contributed by atoms with Gasteiger partial charge in [0.15, 0.2) is 11.5 Å². The molecule has 2 aromatic rings. The minimum absolute atomic E-state index is 0.0995. The normalized spacial score (nSPS) is 14.6. The van der Waals surface area contributed by atoms with Crippen LogP contribution >= 0.6 is 39.9 Å². The Morgan fingerprint density at radius 2 is 1.85 bits per heavy atom. The van der Waals surface area contributed by atoms with Gasteiger partial charge in [-0.05, 0) is 54.3 Å². The number of thiocarbonyl (C=S) groups is 1. The van der Waals surface area contributed by atoms with E-state index in [9.17, 15) is 9.59 Å². The largest absolute Gasteiger partial charge is 0.493 e. The van der Waals surface area contributed by atoms with E-state index in [4.69, 9.17) is 21.7 Å². The maximum atomic E-state index is 12.9. The number of hydrogen-bond donors (Lipinski definition) is 0. The van der Waals surface area contributed by atoms with Gasteiger partial charge in [-0.2, -0.15) is 0 Å². The lowest BCUT2D eigenvalue weighted by Crippen LogP contribution is -2.29. The van der Waals surface area contributed by atoms with Gasteiger partial charge in [0.2, 0.25) is 0 Å². The molecule has 34 heavy (non-hydrogen) atoms. The van der Waals surface area contributed by atoms with Crippen molar-refractivity contribution in [2.45, 2.75) is 32.3 Å². The summed E-state index contributed by atoms with van der Waals surface area (Å²) in [6, 6.07) is 13.5. The third-order valence-electron chi connectivity index (χ3n) is 5.16. The first-order chi connectivity index (χ1) is 16.4. The molecule has 0 radical (unpaired) electrons. The second-order valence-electron chi connectivity index (χ2n) is 7.55. The molecule has 2 aromatic carbocycles. The molecule has 0 spiro atoms. The van der Waals surface area contributed by atoms with Gasteiger partial charge in [-0.3, -0.25) is 14.5 Å². The average Bonchev–Trinajstić information content (AvgIpc) is 3.10. The van der Waals surface area contributed by atoms with Gasteiger partial charge in [-0.25, -0.2) is 0 Å². The number of amides is 1. The average molecular weight is 565 g/mol. The Morgan fingerprint density at radius 3 is 2.56 bits per heavy atom. The van der Waals surface area contributed by atoms with Crippen LogP contribution in [0.2, 0.25) is 0 Å². The van der Waals surface area contributed by atoms with E-state index in [0.29, 0.717) is 40.3 Å². The highest BCUT2D eigenvalue weighted by Crippen LogP contribution is 2.35. The molecular formula is C25H26BrNO5S2. The number of halogens is 1. The van der Waals surface area contributed by atoms with Gasteiger partial charge in [0.25, 0.3) is 5.91 Å². The minimum Gasteiger partial charge on any atom is -0.493 e. The highest BCUT2D eigenvalue weighted by atomic mass is 79.9. The SMILES string of the molecule is COC(=O)CCCCCN1C(=O)/C(=C\c2ccc(OCc3ccc(Br)cc3)c(OC)c2)SC1=S. The first kappa shape index (κ1) is 26.2. The second kappa shape index (κ2) is 12.9. The van der Waals surface area contributed by atoms with Crippen molar-refractivity contribution in [3.8, 4) is 11.5 Å². The van der Waals surface area contributed by atoms with Crippen molar-refractivity contribution < 1.29 is 23.8 Å². The van der Waals surface area contributed by atoms with Gasteiger partial charge in [-0.1, -0.05) is 64.5 Å². The lowest BCUT2D eigenvalue weighted by molar-refractivity contribution is -0.140. The predicted molar refractivity (Wildman–Crippen MR) is 142 cm³/mol. The number of ether oxygens (including phenoxy) is 3. The number of hydrogen-bond acceptors (Lipinski definition) is 7. The van der Waals surface area contributed by atoms with Crippen LogP contribution in [-0.4, -0.2) is 41.9 Å². The number of esters is 1. The molecule has 1 aliphatic heterocycles. The predicted octanol–water partition coefficient (Wildman–Crippen LogP) is 5.97. The van der Waals surface area contributed by atoms with Crippen LogP contribution in [-0.2, 0) is 20.9 Å². The van der Waals surface area contributed by atoms with E-state index in [2.05, 4.69) is 20.7 Å². The summed E-state index contributed by atoms with van der Waals surface area (Å²) < 4.78 is 17.6. The van der Waals surface area contributed by atoms with Crippen molar-refractivity contribution in [3.63, 3.8) is 0 Å². The van der Waals surface area contributed by atoms with E-state index < -0.39 is 0 Å². The van der Waals surface area contributed by atoms with Crippen LogP contribution in [0.25, 0.3) is 6.08 Å². The van der Waals surface area contributed by atoms with Gasteiger partial charge in [0.05, 0.1) is 19.1 Å². The lowest BCUT2D eigenvalue weighted by Gasteiger charge is -2.14. The zero-order chi connectivity index (χ0) is 24.5. The molecular weight excluding hydrogens is 538 g/mol. The smallest absolute Gasteiger partial charge is 0.305 e. The summed E-state index contributed by atoms with van der Waals surface area (Å²) in [7, 11) is 2.97. The number of carbonyl (C=O) groups is 2. The molecule has 1 amide bonds. The van der Waals surface area contributed by atoms with Crippen molar-refractivity contribution in [2.24, 2.45) is 0 Å². The summed E-state index contributed by atoms with van der Waals surface area (Å²) in [5.74, 6) is 0.903. The fourth-order valence-electron chi connectivity index (χ4n) is 3.30. The van der Waals surface area contributed by atoms with Gasteiger partial charge < -0.3 is 14.2 Å². The van der Waals surface area contributed by atoms with Crippen LogP contribution < -0.4 is 9.47 Å². The molecule has 1 aliphatic rings. The monoisotopic (exact) mass is 563 g/mol. The van der Waals surface area contributed by atoms with Gasteiger partial charge in [-0.15, -0.1) is 0 Å². The number of thioether (sulfide) groups is 1. The number of nitrogens with zero attached hydrogens (tertiary/aromatic N) is 1. The van der Waals surface area contributed by atoms with Crippen LogP contribution in [0.3, 0.4) is 0 Å². The van der Waals surface area contributed by atoms with Gasteiger partial charge in [0, 0.05) is 17.4 Å². The molecule has 6 nitrogen and oxygen atoms in total. The second-order valence-corrected chi connectivity index (χ2v) is 10.1. The van der Waals surface area contributed by atoms with Crippen LogP contribution in [0.15, 0.2) is 51.8 Å². The molecule has 1 fully saturated rings. The van der Waals surface area contributed by atoms with E-state index in [1.165, 1.54) is 18.9 Å². The molecule has 0 aliphatic carbocycles. The van der Waals surface area contributed by atoms with Crippen molar-refractivity contribution in [1.82, 2.24) is 4.90 Å². The first-order valence-electron chi connectivity index (χ1n) is 10.8. The molecule has 0 unspecified atom stereocenters. The highest BCUT2D eigenvalue weighted by Gasteiger charge is 2.31. The number of carbonyl (C=O) groups excluding carboxylic acids is 2. The number of rotatable bonds is 11. The molecule has 0 aromatic heterocycles. The first-order valence-corrected chi connectivity index (χ1v) is 12.8. The Kier molecular flexibility index (Phi) is 9.98. The summed E-state index contributed by atoms with van der Waals surface area (Å²) in [5.41, 5.74) is 1.87. The van der Waals surface area contributed by atoms with E-state index >= 15 is 0 Å². The third kappa shape index (κ3) is 7.32. The van der Waals surface area contributed by atoms with E-state index in [-0.39, 0.29) is 11.9 Å². The zero-order valence-corrected chi connectivity index (χ0v) is 22.3. The quantitative estimate of drug-likeness (QED) is 0.144. The molecule has 0 bridgehead atoms. The van der Waals surface area contributed by atoms with Crippen LogP contribution in [0.5, 0.6) is 11.5 Å². The number of benzene rings is 2. The standard InChI is InChI=1S/C25H26BrNO5S2/c1-30-21-14-18(9-12-20(21)32-16-17-7-10-19(26)11-8-17)15-22-24(29)27(25(33)34-22)13-5-3-4-6-23(28)31-2/h7-12,14-15H,3-6,13,16H2,1-2H3/b22-15+. The molecule has 180 valence electrons. The third-order valence-corrected chi connectivity index (χ3v) is 7.06. The molecule has 0 N–H and O–H groups in total. The molecule has 1 heterocycles. The number of methoxy groups -OCH3 is 2. The summed E-state index contributed by atoms with van der Waals surface area (Å²) in [5, 5.41) is 0. The summed E-state index contributed by atoms with van der Waals surface area (Å²) in [4.78, 5) is 26.2. The molecule has 1 saturated heterocycles. The molecule has 0 atom stereocenters. The molecule has 0 saturated carbocycles. The maximum Gasteiger partial charge on any atom is 0.305 e. The maximum absolute atomic E-state index is 12.9. The molecule has 3 rings (SSSR count). The van der Waals surface area contributed by atoms with Gasteiger partial charge >= 0.3 is 5.97 Å². The fraction of sp³-hybridized carbons (Fsp3) is 0.320. The van der Waals surface area contributed by atoms with E-state index in [1.54, 1.807) is 12.0 Å². The van der Waals surface area contributed by atoms with E-state index in [0.717, 1.165) is 34.9 Å². The van der Waals surface area contributed by atoms with Crippen molar-refractivity contribution in [1.29, 1.82) is 0 Å². The summed E-state index contributed by atoms with van der Waals surface area (Å²) >= 11 is 10.1. The number of unbranched alkanes of at least 4 members (excludes halogenated alkanes) is 2. The topological polar surface area (TPSA) is 65.1 Å². The fourth-order valence-corrected chi connectivity index (χ4v) is 4.87. The Bertz CT molecular complexity index is 1070. The highest BCUT2D eigenvalue weighted by molar-refractivity contribution is 9.10. The van der Waals surface area contributed by atoms with Crippen LogP contribution in [0, 0.1) is 0 Å². The van der Waals surface area contributed by atoms with E-state index in [1.807, 2.05) is 48.5 Å². The minimum atomic E-state index is -0.214. The van der Waals surface area contributed by atoms with Crippen LogP contribution in [0.4, 0.5) is 0 Å². The van der Waals surface area contributed by atoms with Crippen molar-refractivity contribution in [2.75, 3.05) is 20.8 Å². The van der Waals surface area contributed by atoms with Crippen LogP contribution in [0.1, 0.15) is 36.8 Å². The Hall–Kier alpha value is -2.36. The molecule has 9 heteroatoms. The Labute approximate surface area is 217 Å². The van der Waals surface area contributed by atoms with Crippen molar-refractivity contribution in [3.05, 3.63) is 63.0 Å². The van der Waals surface area contributed by atoms with Crippen molar-refractivity contribution >= 4 is 62.2 Å². The van der Waals surface area contributed by atoms with Gasteiger partial charge in [0.1, 0.15) is 10.9 Å². The summed E-state index contributed by atoms with van der Waals surface area (Å²) in [6.45, 7) is 0.955. The summed E-state index contributed by atoms with van der Waals surface area (Å²) in [6.07, 6.45) is 4.53. The Balaban J connectivity index is 1.59. The Morgan fingerprint density at radius 1 is 1.09 bits per heavy atom. The zero-order valence-electron chi connectivity index (χ0n) is 19.0. The lowest BCUT2D eigenvalue weighted by atomic mass is 10.1.